The third-order valence-electron chi connectivity index (χ3n) is 3.51. The zero-order valence-electron chi connectivity index (χ0n) is 13.6. The van der Waals surface area contributed by atoms with Gasteiger partial charge < -0.3 is 20.5 Å². The van der Waals surface area contributed by atoms with Crippen LogP contribution in [0.5, 0.6) is 17.2 Å². The second kappa shape index (κ2) is 7.65. The summed E-state index contributed by atoms with van der Waals surface area (Å²) in [5, 5.41) is 2.77. The molecule has 0 aliphatic carbocycles. The molecule has 122 valence electrons. The number of carbonyl (C=O) groups excluding carboxylic acids is 1. The first kappa shape index (κ1) is 16.8. The number of amides is 1. The number of aryl methyl sites for hydroxylation is 1. The van der Waals surface area contributed by atoms with E-state index in [4.69, 9.17) is 15.2 Å². The monoisotopic (exact) mass is 314 g/mol. The first-order valence-electron chi connectivity index (χ1n) is 7.52. The molecule has 2 aromatic rings. The molecule has 3 N–H and O–H groups in total. The molecule has 23 heavy (non-hydrogen) atoms. The maximum Gasteiger partial charge on any atom is 0.241 e. The number of hydrogen-bond acceptors (Lipinski definition) is 4. The molecule has 0 aliphatic heterocycles. The van der Waals surface area contributed by atoms with Crippen molar-refractivity contribution in [1.29, 1.82) is 0 Å². The molecule has 0 fully saturated rings. The van der Waals surface area contributed by atoms with Crippen molar-refractivity contribution in [3.8, 4) is 17.2 Å². The third kappa shape index (κ3) is 4.47. The fourth-order valence-corrected chi connectivity index (χ4v) is 2.03. The van der Waals surface area contributed by atoms with Crippen molar-refractivity contribution in [1.82, 2.24) is 0 Å². The molecule has 0 aliphatic rings. The number of hydrogen-bond donors (Lipinski definition) is 2. The first-order valence-corrected chi connectivity index (χ1v) is 7.52. The van der Waals surface area contributed by atoms with Crippen LogP contribution in [0.25, 0.3) is 0 Å². The highest BCUT2D eigenvalue weighted by molar-refractivity contribution is 5.94. The van der Waals surface area contributed by atoms with Crippen molar-refractivity contribution in [2.24, 2.45) is 5.73 Å². The van der Waals surface area contributed by atoms with Crippen LogP contribution in [0, 0.1) is 6.92 Å². The number of methoxy groups -OCH3 is 1. The highest BCUT2D eigenvalue weighted by atomic mass is 16.5. The van der Waals surface area contributed by atoms with Crippen LogP contribution in [0.4, 0.5) is 5.69 Å². The van der Waals surface area contributed by atoms with Crippen LogP contribution in [0.2, 0.25) is 0 Å². The largest absolute Gasteiger partial charge is 0.496 e. The topological polar surface area (TPSA) is 73.6 Å². The van der Waals surface area contributed by atoms with Crippen LogP contribution in [-0.2, 0) is 4.79 Å². The number of carbonyl (C=O) groups is 1. The molecule has 2 aromatic carbocycles. The Balaban J connectivity index is 2.04. The molecule has 0 bridgehead atoms. The van der Waals surface area contributed by atoms with Crippen LogP contribution in [0.15, 0.2) is 42.5 Å². The van der Waals surface area contributed by atoms with Crippen LogP contribution in [-0.4, -0.2) is 19.1 Å². The number of benzene rings is 2. The van der Waals surface area contributed by atoms with E-state index in [1.54, 1.807) is 31.4 Å². The van der Waals surface area contributed by atoms with Crippen molar-refractivity contribution >= 4 is 11.6 Å². The third-order valence-corrected chi connectivity index (χ3v) is 3.51. The summed E-state index contributed by atoms with van der Waals surface area (Å²) < 4.78 is 11.1. The molecular weight excluding hydrogens is 292 g/mol. The molecule has 5 heteroatoms. The first-order chi connectivity index (χ1) is 11.0. The predicted molar refractivity (Wildman–Crippen MR) is 91.1 cm³/mol. The lowest BCUT2D eigenvalue weighted by molar-refractivity contribution is -0.117. The Morgan fingerprint density at radius 1 is 1.17 bits per heavy atom. The average molecular weight is 314 g/mol. The van der Waals surface area contributed by atoms with Gasteiger partial charge in [0, 0.05) is 11.8 Å². The van der Waals surface area contributed by atoms with E-state index >= 15 is 0 Å². The fraction of sp³-hybridized carbons (Fsp3) is 0.278. The number of ether oxygens (including phenoxy) is 2. The molecular formula is C18H22N2O3. The van der Waals surface area contributed by atoms with E-state index in [1.165, 1.54) is 0 Å². The molecule has 2 rings (SSSR count). The Bertz CT molecular complexity index is 668. The Labute approximate surface area is 136 Å². The second-order valence-corrected chi connectivity index (χ2v) is 5.26. The number of nitrogens with one attached hydrogen (secondary N) is 1. The van der Waals surface area contributed by atoms with E-state index in [-0.39, 0.29) is 5.91 Å². The molecule has 0 radical (unpaired) electrons. The normalized spacial score (nSPS) is 11.7. The molecule has 5 nitrogen and oxygen atoms in total. The summed E-state index contributed by atoms with van der Waals surface area (Å²) in [6, 6.07) is 12.3. The van der Waals surface area contributed by atoms with E-state index in [9.17, 15) is 4.79 Å². The van der Waals surface area contributed by atoms with Gasteiger partial charge in [-0.15, -0.1) is 0 Å². The standard InChI is InChI=1S/C18H22N2O3/c1-4-16(19)18(21)20-13-6-9-14(10-7-13)23-15-8-5-12(2)17(11-15)22-3/h5-11,16H,4,19H2,1-3H3,(H,20,21)/t16-/m1/s1. The van der Waals surface area contributed by atoms with Gasteiger partial charge in [0.05, 0.1) is 13.2 Å². The molecule has 0 saturated carbocycles. The lowest BCUT2D eigenvalue weighted by Gasteiger charge is -2.12. The van der Waals surface area contributed by atoms with Crippen LogP contribution in [0.1, 0.15) is 18.9 Å². The maximum atomic E-state index is 11.7. The van der Waals surface area contributed by atoms with Crippen molar-refractivity contribution in [2.75, 3.05) is 12.4 Å². The smallest absolute Gasteiger partial charge is 0.241 e. The quantitative estimate of drug-likeness (QED) is 0.856. The van der Waals surface area contributed by atoms with Crippen molar-refractivity contribution in [3.63, 3.8) is 0 Å². The minimum absolute atomic E-state index is 0.190. The van der Waals surface area contributed by atoms with Crippen LogP contribution < -0.4 is 20.5 Å². The molecule has 0 heterocycles. The second-order valence-electron chi connectivity index (χ2n) is 5.26. The highest BCUT2D eigenvalue weighted by Gasteiger charge is 2.10. The Morgan fingerprint density at radius 3 is 2.43 bits per heavy atom. The van der Waals surface area contributed by atoms with Gasteiger partial charge in [-0.05, 0) is 49.2 Å². The molecule has 1 atom stereocenters. The molecule has 0 spiro atoms. The summed E-state index contributed by atoms with van der Waals surface area (Å²) in [6.07, 6.45) is 0.599. The van der Waals surface area contributed by atoms with Gasteiger partial charge in [0.2, 0.25) is 5.91 Å². The lowest BCUT2D eigenvalue weighted by Crippen LogP contribution is -2.34. The fourth-order valence-electron chi connectivity index (χ4n) is 2.03. The SMILES string of the molecule is CC[C@@H](N)C(=O)Nc1ccc(Oc2ccc(C)c(OC)c2)cc1. The maximum absolute atomic E-state index is 11.7. The number of nitrogens with two attached hydrogens (primary N) is 1. The number of anilines is 1. The summed E-state index contributed by atoms with van der Waals surface area (Å²) in [5.41, 5.74) is 7.42. The van der Waals surface area contributed by atoms with Gasteiger partial charge >= 0.3 is 0 Å². The summed E-state index contributed by atoms with van der Waals surface area (Å²) >= 11 is 0. The van der Waals surface area contributed by atoms with Gasteiger partial charge in [0.1, 0.15) is 17.2 Å². The van der Waals surface area contributed by atoms with Gasteiger partial charge in [0.15, 0.2) is 0 Å². The zero-order valence-corrected chi connectivity index (χ0v) is 13.6. The summed E-state index contributed by atoms with van der Waals surface area (Å²) in [7, 11) is 1.63. The minimum atomic E-state index is -0.494. The summed E-state index contributed by atoms with van der Waals surface area (Å²) in [4.78, 5) is 11.7. The molecule has 0 saturated heterocycles. The molecule has 0 aromatic heterocycles. The average Bonchev–Trinajstić information content (AvgIpc) is 2.57. The van der Waals surface area contributed by atoms with E-state index < -0.39 is 6.04 Å². The summed E-state index contributed by atoms with van der Waals surface area (Å²) in [5.74, 6) is 1.95. The van der Waals surface area contributed by atoms with E-state index in [0.29, 0.717) is 23.6 Å². The van der Waals surface area contributed by atoms with Gasteiger partial charge in [-0.3, -0.25) is 4.79 Å². The van der Waals surface area contributed by atoms with Gasteiger partial charge in [-0.1, -0.05) is 13.0 Å². The van der Waals surface area contributed by atoms with Crippen LogP contribution in [0.3, 0.4) is 0 Å². The van der Waals surface area contributed by atoms with Gasteiger partial charge in [-0.2, -0.15) is 0 Å². The Kier molecular flexibility index (Phi) is 5.60. The van der Waals surface area contributed by atoms with E-state index in [0.717, 1.165) is 11.3 Å². The van der Waals surface area contributed by atoms with E-state index in [2.05, 4.69) is 5.32 Å². The predicted octanol–water partition coefficient (Wildman–Crippen LogP) is 3.47. The van der Waals surface area contributed by atoms with Gasteiger partial charge in [-0.25, -0.2) is 0 Å². The summed E-state index contributed by atoms with van der Waals surface area (Å²) in [6.45, 7) is 3.85. The molecule has 1 amide bonds. The van der Waals surface area contributed by atoms with Crippen molar-refractivity contribution in [3.05, 3.63) is 48.0 Å². The minimum Gasteiger partial charge on any atom is -0.496 e. The van der Waals surface area contributed by atoms with Crippen molar-refractivity contribution in [2.45, 2.75) is 26.3 Å². The van der Waals surface area contributed by atoms with Gasteiger partial charge in [0.25, 0.3) is 0 Å². The Morgan fingerprint density at radius 2 is 1.83 bits per heavy atom. The Hall–Kier alpha value is -2.53. The van der Waals surface area contributed by atoms with Crippen molar-refractivity contribution < 1.29 is 14.3 Å². The number of rotatable bonds is 6. The van der Waals surface area contributed by atoms with E-state index in [1.807, 2.05) is 32.0 Å². The van der Waals surface area contributed by atoms with Crippen LogP contribution >= 0.6 is 0 Å². The lowest BCUT2D eigenvalue weighted by atomic mass is 10.2. The molecule has 0 unspecified atom stereocenters. The zero-order chi connectivity index (χ0) is 16.8. The highest BCUT2D eigenvalue weighted by Crippen LogP contribution is 2.28.